The number of allylic oxidation sites excluding steroid dienone is 1. The predicted octanol–water partition coefficient (Wildman–Crippen LogP) is 2.93. The maximum Gasteiger partial charge on any atom is 0.341 e. The van der Waals surface area contributed by atoms with Crippen LogP contribution in [-0.4, -0.2) is 68.7 Å². The molecular formula is C28H31ClN4O10. The average Bonchev–Trinajstić information content (AvgIpc) is 2.95. The summed E-state index contributed by atoms with van der Waals surface area (Å²) < 4.78 is 26.9. The van der Waals surface area contributed by atoms with E-state index < -0.39 is 43.1 Å². The largest absolute Gasteiger partial charge is 0.493 e. The molecule has 1 atom stereocenters. The minimum atomic E-state index is -1.17. The molecule has 1 heterocycles. The number of benzene rings is 2. The first-order valence-corrected chi connectivity index (χ1v) is 13.3. The minimum Gasteiger partial charge on any atom is -0.493 e. The van der Waals surface area contributed by atoms with Crippen molar-refractivity contribution in [2.24, 2.45) is 5.10 Å². The number of ether oxygens (including phenoxy) is 5. The summed E-state index contributed by atoms with van der Waals surface area (Å²) in [5.74, 6) is -1.56. The van der Waals surface area contributed by atoms with Crippen molar-refractivity contribution in [3.8, 4) is 23.0 Å². The van der Waals surface area contributed by atoms with Gasteiger partial charge in [0.15, 0.2) is 36.2 Å². The van der Waals surface area contributed by atoms with Crippen molar-refractivity contribution in [3.05, 3.63) is 57.8 Å². The summed E-state index contributed by atoms with van der Waals surface area (Å²) in [4.78, 5) is 47.9. The number of hydrogen-bond donors (Lipinski definition) is 4. The van der Waals surface area contributed by atoms with Gasteiger partial charge in [0.2, 0.25) is 0 Å². The van der Waals surface area contributed by atoms with Gasteiger partial charge < -0.3 is 39.4 Å². The Morgan fingerprint density at radius 2 is 1.81 bits per heavy atom. The van der Waals surface area contributed by atoms with Crippen LogP contribution in [0.15, 0.2) is 46.7 Å². The molecule has 1 aliphatic rings. The summed E-state index contributed by atoms with van der Waals surface area (Å²) in [5, 5.41) is 18.1. The number of amides is 3. The number of hydrazone groups is 1. The molecule has 14 nitrogen and oxygen atoms in total. The van der Waals surface area contributed by atoms with Crippen molar-refractivity contribution in [1.29, 1.82) is 0 Å². The Kier molecular flexibility index (Phi) is 11.6. The van der Waals surface area contributed by atoms with E-state index in [9.17, 15) is 19.2 Å². The second kappa shape index (κ2) is 15.3. The number of esters is 1. The number of rotatable bonds is 14. The lowest BCUT2D eigenvalue weighted by molar-refractivity contribution is -0.140. The van der Waals surface area contributed by atoms with Crippen LogP contribution in [0.1, 0.15) is 37.9 Å². The number of carbonyl (C=O) groups excluding carboxylic acids is 3. The summed E-state index contributed by atoms with van der Waals surface area (Å²) in [5.41, 5.74) is 3.91. The highest BCUT2D eigenvalue weighted by Gasteiger charge is 2.32. The van der Waals surface area contributed by atoms with Crippen LogP contribution >= 0.6 is 11.6 Å². The number of nitrogens with zero attached hydrogens (tertiary/aromatic N) is 1. The van der Waals surface area contributed by atoms with Gasteiger partial charge in [0.1, 0.15) is 0 Å². The fourth-order valence-corrected chi connectivity index (χ4v) is 4.23. The number of urea groups is 1. The molecule has 0 spiro atoms. The quantitative estimate of drug-likeness (QED) is 0.139. The number of nitrogens with one attached hydrogen (secondary N) is 3. The molecule has 0 fully saturated rings. The lowest BCUT2D eigenvalue weighted by Gasteiger charge is -2.28. The maximum absolute atomic E-state index is 12.6. The van der Waals surface area contributed by atoms with Crippen molar-refractivity contribution in [2.45, 2.75) is 26.8 Å². The Balaban J connectivity index is 1.67. The first-order valence-electron chi connectivity index (χ1n) is 13.0. The second-order valence-electron chi connectivity index (χ2n) is 8.73. The Morgan fingerprint density at radius 3 is 2.49 bits per heavy atom. The Labute approximate surface area is 251 Å². The summed E-state index contributed by atoms with van der Waals surface area (Å²) in [7, 11) is 1.41. The highest BCUT2D eigenvalue weighted by molar-refractivity contribution is 6.32. The van der Waals surface area contributed by atoms with Crippen molar-refractivity contribution in [2.75, 3.05) is 33.5 Å². The van der Waals surface area contributed by atoms with Crippen LogP contribution in [0.2, 0.25) is 5.02 Å². The average molecular weight is 619 g/mol. The van der Waals surface area contributed by atoms with E-state index in [1.54, 1.807) is 39.0 Å². The maximum atomic E-state index is 12.6. The molecule has 4 N–H and O–H groups in total. The zero-order valence-electron chi connectivity index (χ0n) is 23.8. The van der Waals surface area contributed by atoms with Gasteiger partial charge in [-0.1, -0.05) is 17.7 Å². The van der Waals surface area contributed by atoms with Gasteiger partial charge in [-0.3, -0.25) is 4.79 Å². The molecule has 0 aromatic heterocycles. The molecule has 0 bridgehead atoms. The molecule has 0 unspecified atom stereocenters. The number of hydrogen-bond acceptors (Lipinski definition) is 10. The molecular weight excluding hydrogens is 588 g/mol. The number of aliphatic carboxylic acids is 1. The molecule has 43 heavy (non-hydrogen) atoms. The third-order valence-corrected chi connectivity index (χ3v) is 6.00. The van der Waals surface area contributed by atoms with Gasteiger partial charge in [-0.25, -0.2) is 19.8 Å². The summed E-state index contributed by atoms with van der Waals surface area (Å²) in [6.45, 7) is 4.44. The molecule has 230 valence electrons. The molecule has 3 rings (SSSR count). The molecule has 0 radical (unpaired) electrons. The number of carbonyl (C=O) groups is 4. The van der Waals surface area contributed by atoms with Crippen LogP contribution in [0, 0.1) is 0 Å². The van der Waals surface area contributed by atoms with Crippen LogP contribution in [-0.2, 0) is 19.1 Å². The Morgan fingerprint density at radius 1 is 1.05 bits per heavy atom. The van der Waals surface area contributed by atoms with Crippen molar-refractivity contribution in [3.63, 3.8) is 0 Å². The van der Waals surface area contributed by atoms with E-state index in [0.29, 0.717) is 16.8 Å². The Bertz CT molecular complexity index is 1440. The molecule has 2 aromatic carbocycles. The van der Waals surface area contributed by atoms with E-state index >= 15 is 0 Å². The number of halogens is 1. The standard InChI is InChI=1S/C28H31ClN4O10/c1-5-40-21-10-16(9-18(29)26(21)43-14-23(35)36)12-30-33-22(34)13-42-19-8-7-17(11-20(19)39-4)25-24(27(37)41-6-2)15(3)31-28(38)32-25/h7-12,25H,5-6,13-14H2,1-4H3,(H,33,34)(H,35,36)(H2,31,32,38)/b30-12-/t25-/m0/s1. The van der Waals surface area contributed by atoms with Gasteiger partial charge in [-0.05, 0) is 56.2 Å². The topological polar surface area (TPSA) is 183 Å². The van der Waals surface area contributed by atoms with Gasteiger partial charge >= 0.3 is 18.0 Å². The molecule has 3 amide bonds. The van der Waals surface area contributed by atoms with Crippen LogP contribution in [0.4, 0.5) is 4.79 Å². The van der Waals surface area contributed by atoms with Crippen LogP contribution in [0.3, 0.4) is 0 Å². The van der Waals surface area contributed by atoms with E-state index in [0.717, 1.165) is 0 Å². The first-order chi connectivity index (χ1) is 20.6. The minimum absolute atomic E-state index is 0.0753. The lowest BCUT2D eigenvalue weighted by Crippen LogP contribution is -2.45. The zero-order valence-corrected chi connectivity index (χ0v) is 24.6. The number of carboxylic acid groups (broad SMARTS) is 1. The molecule has 0 saturated carbocycles. The molecule has 15 heteroatoms. The highest BCUT2D eigenvalue weighted by atomic mass is 35.5. The smallest absolute Gasteiger partial charge is 0.341 e. The normalized spacial score (nSPS) is 14.4. The highest BCUT2D eigenvalue weighted by Crippen LogP contribution is 2.37. The van der Waals surface area contributed by atoms with Crippen molar-refractivity contribution < 1.29 is 48.0 Å². The van der Waals surface area contributed by atoms with Gasteiger partial charge in [0.05, 0.1) is 43.2 Å². The lowest BCUT2D eigenvalue weighted by atomic mass is 9.95. The summed E-state index contributed by atoms with van der Waals surface area (Å²) in [6, 6.07) is 6.46. The summed E-state index contributed by atoms with van der Waals surface area (Å²) in [6.07, 6.45) is 1.31. The van der Waals surface area contributed by atoms with Gasteiger partial charge in [0, 0.05) is 5.70 Å². The molecule has 0 saturated heterocycles. The predicted molar refractivity (Wildman–Crippen MR) is 154 cm³/mol. The fraction of sp³-hybridized carbons (Fsp3) is 0.321. The van der Waals surface area contributed by atoms with Crippen LogP contribution in [0.5, 0.6) is 23.0 Å². The number of carboxylic acids is 1. The second-order valence-corrected chi connectivity index (χ2v) is 9.14. The SMILES string of the molecule is CCOC(=O)C1=C(C)NC(=O)N[C@H]1c1ccc(OCC(=O)N/N=C\c2cc(Cl)c(OCC(=O)O)c(OCC)c2)c(OC)c1. The van der Waals surface area contributed by atoms with E-state index in [4.69, 9.17) is 40.4 Å². The third-order valence-electron chi connectivity index (χ3n) is 5.72. The van der Waals surface area contributed by atoms with Crippen LogP contribution in [0.25, 0.3) is 0 Å². The molecule has 1 aliphatic heterocycles. The third kappa shape index (κ3) is 8.75. The van der Waals surface area contributed by atoms with Gasteiger partial charge in [-0.2, -0.15) is 5.10 Å². The monoisotopic (exact) mass is 618 g/mol. The fourth-order valence-electron chi connectivity index (χ4n) is 3.96. The van der Waals surface area contributed by atoms with E-state index in [1.165, 1.54) is 25.5 Å². The van der Waals surface area contributed by atoms with Gasteiger partial charge in [0.25, 0.3) is 5.91 Å². The van der Waals surface area contributed by atoms with Gasteiger partial charge in [-0.15, -0.1) is 0 Å². The molecule has 0 aliphatic carbocycles. The first kappa shape index (κ1) is 32.5. The van der Waals surface area contributed by atoms with E-state index in [2.05, 4.69) is 21.2 Å². The Hall–Kier alpha value is -4.98. The van der Waals surface area contributed by atoms with Crippen molar-refractivity contribution >= 4 is 41.7 Å². The molecule has 2 aromatic rings. The zero-order chi connectivity index (χ0) is 31.5. The summed E-state index contributed by atoms with van der Waals surface area (Å²) >= 11 is 6.23. The van der Waals surface area contributed by atoms with Crippen molar-refractivity contribution in [1.82, 2.24) is 16.1 Å². The van der Waals surface area contributed by atoms with E-state index in [-0.39, 0.29) is 46.8 Å². The van der Waals surface area contributed by atoms with Crippen LogP contribution < -0.4 is 35.0 Å². The van der Waals surface area contributed by atoms with E-state index in [1.807, 2.05) is 0 Å². The number of methoxy groups -OCH3 is 1.